The lowest BCUT2D eigenvalue weighted by Crippen LogP contribution is -2.16. The maximum absolute atomic E-state index is 11.3. The summed E-state index contributed by atoms with van der Waals surface area (Å²) >= 11 is 0. The first-order valence-corrected chi connectivity index (χ1v) is 5.89. The van der Waals surface area contributed by atoms with Crippen molar-refractivity contribution >= 4 is 23.6 Å². The molecule has 0 unspecified atom stereocenters. The van der Waals surface area contributed by atoms with Gasteiger partial charge in [0.1, 0.15) is 6.61 Å². The molecule has 5 nitrogen and oxygen atoms in total. The van der Waals surface area contributed by atoms with Crippen molar-refractivity contribution in [2.24, 2.45) is 0 Å². The molecule has 0 fully saturated rings. The SMILES string of the molecule is CCOC(=O)/C=C/c1ccc(NC(=O)COC)cc1. The number of benzene rings is 1. The zero-order chi connectivity index (χ0) is 14.1. The maximum Gasteiger partial charge on any atom is 0.330 e. The fourth-order valence-corrected chi connectivity index (χ4v) is 1.36. The molecule has 0 saturated carbocycles. The number of anilines is 1. The van der Waals surface area contributed by atoms with Crippen molar-refractivity contribution in [1.82, 2.24) is 0 Å². The smallest absolute Gasteiger partial charge is 0.330 e. The summed E-state index contributed by atoms with van der Waals surface area (Å²) in [4.78, 5) is 22.4. The number of amides is 1. The summed E-state index contributed by atoms with van der Waals surface area (Å²) in [7, 11) is 1.46. The molecule has 0 saturated heterocycles. The minimum absolute atomic E-state index is 0.0184. The summed E-state index contributed by atoms with van der Waals surface area (Å²) in [5.74, 6) is -0.586. The molecule has 5 heteroatoms. The van der Waals surface area contributed by atoms with E-state index in [0.29, 0.717) is 12.3 Å². The van der Waals surface area contributed by atoms with Crippen LogP contribution in [0.25, 0.3) is 6.08 Å². The van der Waals surface area contributed by atoms with E-state index in [1.807, 2.05) is 0 Å². The van der Waals surface area contributed by atoms with E-state index < -0.39 is 0 Å². The Kier molecular flexibility index (Phi) is 6.32. The third-order valence-electron chi connectivity index (χ3n) is 2.17. The molecule has 0 aliphatic carbocycles. The van der Waals surface area contributed by atoms with Gasteiger partial charge in [0.15, 0.2) is 0 Å². The van der Waals surface area contributed by atoms with Crippen molar-refractivity contribution in [3.8, 4) is 0 Å². The Bertz CT molecular complexity index is 451. The second kappa shape index (κ2) is 8.05. The molecule has 0 heterocycles. The molecule has 0 aromatic heterocycles. The number of hydrogen-bond acceptors (Lipinski definition) is 4. The second-order valence-corrected chi connectivity index (χ2v) is 3.69. The van der Waals surface area contributed by atoms with Crippen LogP contribution in [0.1, 0.15) is 12.5 Å². The third-order valence-corrected chi connectivity index (χ3v) is 2.17. The quantitative estimate of drug-likeness (QED) is 0.628. The van der Waals surface area contributed by atoms with Gasteiger partial charge in [0, 0.05) is 18.9 Å². The fraction of sp³-hybridized carbons (Fsp3) is 0.286. The number of methoxy groups -OCH3 is 1. The first-order valence-electron chi connectivity index (χ1n) is 5.89. The van der Waals surface area contributed by atoms with Crippen LogP contribution in [0.4, 0.5) is 5.69 Å². The molecular weight excluding hydrogens is 246 g/mol. The lowest BCUT2D eigenvalue weighted by Gasteiger charge is -2.04. The van der Waals surface area contributed by atoms with Gasteiger partial charge in [0.05, 0.1) is 6.61 Å². The largest absolute Gasteiger partial charge is 0.463 e. The van der Waals surface area contributed by atoms with E-state index >= 15 is 0 Å². The highest BCUT2D eigenvalue weighted by molar-refractivity contribution is 5.92. The second-order valence-electron chi connectivity index (χ2n) is 3.69. The van der Waals surface area contributed by atoms with E-state index in [2.05, 4.69) is 5.32 Å². The van der Waals surface area contributed by atoms with Gasteiger partial charge in [-0.25, -0.2) is 4.79 Å². The van der Waals surface area contributed by atoms with Gasteiger partial charge in [0.2, 0.25) is 5.91 Å². The van der Waals surface area contributed by atoms with Crippen LogP contribution in [0, 0.1) is 0 Å². The van der Waals surface area contributed by atoms with Crippen LogP contribution < -0.4 is 5.32 Å². The van der Waals surface area contributed by atoms with Gasteiger partial charge in [-0.2, -0.15) is 0 Å². The van der Waals surface area contributed by atoms with Crippen LogP contribution >= 0.6 is 0 Å². The average Bonchev–Trinajstić information content (AvgIpc) is 2.38. The maximum atomic E-state index is 11.3. The molecule has 0 radical (unpaired) electrons. The summed E-state index contributed by atoms with van der Waals surface area (Å²) in [6.45, 7) is 2.13. The summed E-state index contributed by atoms with van der Waals surface area (Å²) in [5.41, 5.74) is 1.52. The van der Waals surface area contributed by atoms with E-state index in [9.17, 15) is 9.59 Å². The summed E-state index contributed by atoms with van der Waals surface area (Å²) in [5, 5.41) is 2.68. The number of nitrogens with one attached hydrogen (secondary N) is 1. The zero-order valence-electron chi connectivity index (χ0n) is 11.0. The summed E-state index contributed by atoms with van der Waals surface area (Å²) < 4.78 is 9.48. The Morgan fingerprint density at radius 2 is 1.95 bits per heavy atom. The predicted octanol–water partition coefficient (Wildman–Crippen LogP) is 1.85. The topological polar surface area (TPSA) is 64.6 Å². The minimum Gasteiger partial charge on any atom is -0.463 e. The van der Waals surface area contributed by atoms with Gasteiger partial charge in [0.25, 0.3) is 0 Å². The van der Waals surface area contributed by atoms with Gasteiger partial charge in [-0.1, -0.05) is 12.1 Å². The molecule has 1 N–H and O–H groups in total. The minimum atomic E-state index is -0.375. The van der Waals surface area contributed by atoms with Crippen molar-refractivity contribution in [2.75, 3.05) is 25.6 Å². The monoisotopic (exact) mass is 263 g/mol. The van der Waals surface area contributed by atoms with Crippen LogP contribution in [0.15, 0.2) is 30.3 Å². The van der Waals surface area contributed by atoms with Crippen molar-refractivity contribution in [3.63, 3.8) is 0 Å². The van der Waals surface area contributed by atoms with Crippen molar-refractivity contribution in [3.05, 3.63) is 35.9 Å². The van der Waals surface area contributed by atoms with Crippen LogP contribution in [0.5, 0.6) is 0 Å². The molecule has 0 atom stereocenters. The Labute approximate surface area is 112 Å². The fourth-order valence-electron chi connectivity index (χ4n) is 1.36. The average molecular weight is 263 g/mol. The van der Waals surface area contributed by atoms with E-state index in [-0.39, 0.29) is 18.5 Å². The molecule has 1 aromatic carbocycles. The Hall–Kier alpha value is -2.14. The molecule has 1 aromatic rings. The number of hydrogen-bond donors (Lipinski definition) is 1. The number of carbonyl (C=O) groups is 2. The molecule has 0 bridgehead atoms. The zero-order valence-corrected chi connectivity index (χ0v) is 11.0. The molecule has 0 aliphatic heterocycles. The number of carbonyl (C=O) groups excluding carboxylic acids is 2. The Balaban J connectivity index is 2.56. The van der Waals surface area contributed by atoms with Gasteiger partial charge in [-0.05, 0) is 30.7 Å². The van der Waals surface area contributed by atoms with E-state index in [1.54, 1.807) is 37.3 Å². The molecule has 0 spiro atoms. The number of esters is 1. The van der Waals surface area contributed by atoms with E-state index in [0.717, 1.165) is 5.56 Å². The molecule has 102 valence electrons. The van der Waals surface area contributed by atoms with Gasteiger partial charge < -0.3 is 14.8 Å². The first kappa shape index (κ1) is 14.9. The molecule has 19 heavy (non-hydrogen) atoms. The van der Waals surface area contributed by atoms with Crippen molar-refractivity contribution in [2.45, 2.75) is 6.92 Å². The number of ether oxygens (including phenoxy) is 2. The first-order chi connectivity index (χ1) is 9.15. The molecular formula is C14H17NO4. The van der Waals surface area contributed by atoms with Gasteiger partial charge in [-0.15, -0.1) is 0 Å². The van der Waals surface area contributed by atoms with Crippen LogP contribution in [0.2, 0.25) is 0 Å². The van der Waals surface area contributed by atoms with Crippen LogP contribution in [-0.2, 0) is 19.1 Å². The van der Waals surface area contributed by atoms with E-state index in [4.69, 9.17) is 9.47 Å². The molecule has 0 aliphatic rings. The standard InChI is InChI=1S/C14H17NO4/c1-3-19-14(17)9-6-11-4-7-12(8-5-11)15-13(16)10-18-2/h4-9H,3,10H2,1-2H3,(H,15,16)/b9-6+. The highest BCUT2D eigenvalue weighted by Gasteiger charge is 2.00. The Morgan fingerprint density at radius 3 is 2.53 bits per heavy atom. The van der Waals surface area contributed by atoms with Gasteiger partial charge in [-0.3, -0.25) is 4.79 Å². The predicted molar refractivity (Wildman–Crippen MR) is 72.6 cm³/mol. The number of rotatable bonds is 6. The van der Waals surface area contributed by atoms with Crippen molar-refractivity contribution < 1.29 is 19.1 Å². The lowest BCUT2D eigenvalue weighted by molar-refractivity contribution is -0.137. The van der Waals surface area contributed by atoms with Crippen LogP contribution in [0.3, 0.4) is 0 Å². The highest BCUT2D eigenvalue weighted by Crippen LogP contribution is 2.10. The van der Waals surface area contributed by atoms with Crippen molar-refractivity contribution in [1.29, 1.82) is 0 Å². The molecule has 1 amide bonds. The lowest BCUT2D eigenvalue weighted by atomic mass is 10.2. The highest BCUT2D eigenvalue weighted by atomic mass is 16.5. The van der Waals surface area contributed by atoms with E-state index in [1.165, 1.54) is 13.2 Å². The third kappa shape index (κ3) is 5.83. The summed E-state index contributed by atoms with van der Waals surface area (Å²) in [6, 6.07) is 7.08. The molecule has 1 rings (SSSR count). The summed E-state index contributed by atoms with van der Waals surface area (Å²) in [6.07, 6.45) is 3.01. The Morgan fingerprint density at radius 1 is 1.26 bits per heavy atom. The van der Waals surface area contributed by atoms with Crippen LogP contribution in [-0.4, -0.2) is 32.2 Å². The van der Waals surface area contributed by atoms with Gasteiger partial charge >= 0.3 is 5.97 Å². The normalized spacial score (nSPS) is 10.4.